The smallest absolute Gasteiger partial charge is 0.398 e. The fraction of sp³-hybridized carbons (Fsp3) is 0.500. The average molecular weight is 308 g/mol. The Morgan fingerprint density at radius 3 is 2.15 bits per heavy atom. The zero-order chi connectivity index (χ0) is 15.3. The summed E-state index contributed by atoms with van der Waals surface area (Å²) in [6.07, 6.45) is -5.10. The molecule has 1 fully saturated rings. The van der Waals surface area contributed by atoms with Crippen molar-refractivity contribution in [1.82, 2.24) is 4.72 Å². The molecule has 0 aliphatic heterocycles. The average Bonchev–Trinajstić information content (AvgIpc) is 3.02. The minimum Gasteiger partial charge on any atom is -0.398 e. The van der Waals surface area contributed by atoms with E-state index < -0.39 is 21.7 Å². The van der Waals surface area contributed by atoms with Crippen molar-refractivity contribution in [1.29, 1.82) is 0 Å². The van der Waals surface area contributed by atoms with Gasteiger partial charge in [-0.15, -0.1) is 0 Å². The van der Waals surface area contributed by atoms with Gasteiger partial charge in [-0.25, -0.2) is 8.42 Å². The first-order valence-electron chi connectivity index (χ1n) is 5.96. The van der Waals surface area contributed by atoms with Crippen LogP contribution in [0, 0.1) is 13.8 Å². The fourth-order valence-electron chi connectivity index (χ4n) is 1.93. The monoisotopic (exact) mass is 308 g/mol. The van der Waals surface area contributed by atoms with Crippen LogP contribution in [-0.4, -0.2) is 20.1 Å². The number of nitrogen functional groups attached to an aromatic ring is 1. The van der Waals surface area contributed by atoms with Crippen molar-refractivity contribution in [3.63, 3.8) is 0 Å². The Kier molecular flexibility index (Phi) is 3.29. The highest BCUT2D eigenvalue weighted by molar-refractivity contribution is 7.89. The summed E-state index contributed by atoms with van der Waals surface area (Å²) >= 11 is 0. The van der Waals surface area contributed by atoms with Gasteiger partial charge in [0.25, 0.3) is 0 Å². The fourth-order valence-corrected chi connectivity index (χ4v) is 3.57. The molecule has 8 heteroatoms. The molecule has 0 spiro atoms. The number of anilines is 1. The molecule has 1 aromatic rings. The number of aryl methyl sites for hydroxylation is 2. The lowest BCUT2D eigenvalue weighted by atomic mass is 10.1. The van der Waals surface area contributed by atoms with Gasteiger partial charge < -0.3 is 5.73 Å². The zero-order valence-electron chi connectivity index (χ0n) is 11.0. The molecule has 0 heterocycles. The van der Waals surface area contributed by atoms with Crippen molar-refractivity contribution in [2.75, 3.05) is 5.73 Å². The summed E-state index contributed by atoms with van der Waals surface area (Å²) in [4.78, 5) is -0.309. The molecule has 1 aliphatic carbocycles. The van der Waals surface area contributed by atoms with Gasteiger partial charge in [-0.3, -0.25) is 0 Å². The number of sulfonamides is 1. The SMILES string of the molecule is Cc1cc(N)c(S(=O)(=O)NC2(C(F)(F)F)CC2)cc1C. The standard InChI is InChI=1S/C12H15F3N2O2S/c1-7-5-9(16)10(6-8(7)2)20(18,19)17-11(3-4-11)12(13,14)15/h5-6,17H,3-4,16H2,1-2H3. The highest BCUT2D eigenvalue weighted by atomic mass is 32.2. The maximum absolute atomic E-state index is 12.8. The molecule has 4 nitrogen and oxygen atoms in total. The van der Waals surface area contributed by atoms with Gasteiger partial charge in [-0.2, -0.15) is 17.9 Å². The van der Waals surface area contributed by atoms with Crippen molar-refractivity contribution < 1.29 is 21.6 Å². The summed E-state index contributed by atoms with van der Waals surface area (Å²) in [5, 5.41) is 0. The van der Waals surface area contributed by atoms with Crippen LogP contribution in [0.4, 0.5) is 18.9 Å². The lowest BCUT2D eigenvalue weighted by Gasteiger charge is -2.21. The molecule has 2 rings (SSSR count). The number of rotatable bonds is 3. The normalized spacial score (nSPS) is 18.1. The third kappa shape index (κ3) is 2.49. The van der Waals surface area contributed by atoms with Crippen molar-refractivity contribution >= 4 is 15.7 Å². The Morgan fingerprint density at radius 1 is 1.20 bits per heavy atom. The Hall–Kier alpha value is -1.28. The maximum Gasteiger partial charge on any atom is 0.407 e. The first-order chi connectivity index (χ1) is 8.98. The topological polar surface area (TPSA) is 72.2 Å². The predicted octanol–water partition coefficient (Wildman–Crippen LogP) is 2.26. The number of halogens is 3. The molecule has 20 heavy (non-hydrogen) atoms. The molecular weight excluding hydrogens is 293 g/mol. The van der Waals surface area contributed by atoms with E-state index in [1.807, 2.05) is 0 Å². The van der Waals surface area contributed by atoms with Crippen molar-refractivity contribution in [2.24, 2.45) is 0 Å². The first-order valence-corrected chi connectivity index (χ1v) is 7.44. The second-order valence-electron chi connectivity index (χ2n) is 5.16. The molecule has 0 unspecified atom stereocenters. The van der Waals surface area contributed by atoms with Crippen LogP contribution in [-0.2, 0) is 10.0 Å². The molecule has 1 saturated carbocycles. The van der Waals surface area contributed by atoms with Gasteiger partial charge in [-0.1, -0.05) is 0 Å². The molecule has 0 amide bonds. The predicted molar refractivity (Wildman–Crippen MR) is 68.7 cm³/mol. The van der Waals surface area contributed by atoms with Crippen LogP contribution in [0.5, 0.6) is 0 Å². The summed E-state index contributed by atoms with van der Waals surface area (Å²) < 4.78 is 64.5. The van der Waals surface area contributed by atoms with Gasteiger partial charge in [0, 0.05) is 0 Å². The quantitative estimate of drug-likeness (QED) is 0.841. The van der Waals surface area contributed by atoms with Crippen LogP contribution < -0.4 is 10.5 Å². The van der Waals surface area contributed by atoms with E-state index in [9.17, 15) is 21.6 Å². The largest absolute Gasteiger partial charge is 0.407 e. The van der Waals surface area contributed by atoms with E-state index in [4.69, 9.17) is 5.73 Å². The highest BCUT2D eigenvalue weighted by Crippen LogP contribution is 2.49. The van der Waals surface area contributed by atoms with Crippen molar-refractivity contribution in [2.45, 2.75) is 43.3 Å². The third-order valence-corrected chi connectivity index (χ3v) is 5.13. The highest BCUT2D eigenvalue weighted by Gasteiger charge is 2.65. The van der Waals surface area contributed by atoms with Crippen LogP contribution in [0.15, 0.2) is 17.0 Å². The minimum atomic E-state index is -4.60. The number of hydrogen-bond donors (Lipinski definition) is 2. The summed E-state index contributed by atoms with van der Waals surface area (Å²) in [5.74, 6) is 0. The molecule has 112 valence electrons. The van der Waals surface area contributed by atoms with Gasteiger partial charge in [0.15, 0.2) is 0 Å². The van der Waals surface area contributed by atoms with E-state index in [0.717, 1.165) is 5.56 Å². The van der Waals surface area contributed by atoms with E-state index in [1.165, 1.54) is 12.1 Å². The molecular formula is C12H15F3N2O2S. The van der Waals surface area contributed by atoms with Gasteiger partial charge in [-0.05, 0) is 49.9 Å². The maximum atomic E-state index is 12.8. The van der Waals surface area contributed by atoms with Crippen LogP contribution in [0.2, 0.25) is 0 Å². The summed E-state index contributed by atoms with van der Waals surface area (Å²) in [7, 11) is -4.30. The van der Waals surface area contributed by atoms with Crippen LogP contribution >= 0.6 is 0 Å². The van der Waals surface area contributed by atoms with E-state index >= 15 is 0 Å². The Balaban J connectivity index is 2.40. The van der Waals surface area contributed by atoms with Gasteiger partial charge in [0.1, 0.15) is 10.4 Å². The summed E-state index contributed by atoms with van der Waals surface area (Å²) in [6.45, 7) is 3.41. The van der Waals surface area contributed by atoms with E-state index in [0.29, 0.717) is 5.56 Å². The van der Waals surface area contributed by atoms with Crippen molar-refractivity contribution in [3.05, 3.63) is 23.3 Å². The third-order valence-electron chi connectivity index (χ3n) is 3.54. The van der Waals surface area contributed by atoms with Crippen LogP contribution in [0.1, 0.15) is 24.0 Å². The first kappa shape index (κ1) is 15.1. The molecule has 1 aliphatic rings. The number of nitrogens with one attached hydrogen (secondary N) is 1. The molecule has 0 saturated heterocycles. The molecule has 3 N–H and O–H groups in total. The van der Waals surface area contributed by atoms with E-state index in [-0.39, 0.29) is 23.4 Å². The summed E-state index contributed by atoms with van der Waals surface area (Å²) in [5.41, 5.74) is 4.66. The van der Waals surface area contributed by atoms with Gasteiger partial charge in [0.2, 0.25) is 10.0 Å². The van der Waals surface area contributed by atoms with E-state index in [2.05, 4.69) is 0 Å². The Morgan fingerprint density at radius 2 is 1.70 bits per heavy atom. The van der Waals surface area contributed by atoms with Gasteiger partial charge >= 0.3 is 6.18 Å². The molecule has 0 aromatic heterocycles. The molecule has 1 aromatic carbocycles. The minimum absolute atomic E-state index is 0.0569. The Bertz CT molecular complexity index is 649. The van der Waals surface area contributed by atoms with Gasteiger partial charge in [0.05, 0.1) is 5.69 Å². The van der Waals surface area contributed by atoms with Crippen LogP contribution in [0.25, 0.3) is 0 Å². The lowest BCUT2D eigenvalue weighted by Crippen LogP contribution is -2.47. The number of hydrogen-bond acceptors (Lipinski definition) is 3. The lowest BCUT2D eigenvalue weighted by molar-refractivity contribution is -0.160. The van der Waals surface area contributed by atoms with Crippen LogP contribution in [0.3, 0.4) is 0 Å². The second kappa shape index (κ2) is 4.36. The molecule has 0 atom stereocenters. The molecule has 0 bridgehead atoms. The van der Waals surface area contributed by atoms with Crippen molar-refractivity contribution in [3.8, 4) is 0 Å². The second-order valence-corrected chi connectivity index (χ2v) is 6.81. The summed E-state index contributed by atoms with van der Waals surface area (Å²) in [6, 6.07) is 2.73. The molecule has 0 radical (unpaired) electrons. The Labute approximate surface area is 115 Å². The number of nitrogens with two attached hydrogens (primary N) is 1. The number of alkyl halides is 3. The zero-order valence-corrected chi connectivity index (χ0v) is 11.8. The number of benzene rings is 1. The van der Waals surface area contributed by atoms with E-state index in [1.54, 1.807) is 18.6 Å².